The fourth-order valence-corrected chi connectivity index (χ4v) is 6.73. The minimum absolute atomic E-state index is 0.0174. The lowest BCUT2D eigenvalue weighted by molar-refractivity contribution is -0.155. The predicted molar refractivity (Wildman–Crippen MR) is 75.0 cm³/mol. The molecule has 2 nitrogen and oxygen atoms in total. The van der Waals surface area contributed by atoms with E-state index in [4.69, 9.17) is 4.74 Å². The Morgan fingerprint density at radius 2 is 1.82 bits per heavy atom. The number of hydrogen-bond acceptors (Lipinski definition) is 2. The van der Waals surface area contributed by atoms with Gasteiger partial charge in [-0.05, 0) is 37.3 Å². The Morgan fingerprint density at radius 3 is 2.29 bits per heavy atom. The molecule has 0 unspecified atom stereocenters. The van der Waals surface area contributed by atoms with Crippen molar-refractivity contribution < 1.29 is 9.53 Å². The molecule has 1 saturated heterocycles. The normalized spacial score (nSPS) is 26.3. The molecule has 1 aliphatic heterocycles. The molecule has 0 aromatic rings. The van der Waals surface area contributed by atoms with Crippen LogP contribution in [0.15, 0.2) is 0 Å². The first kappa shape index (κ1) is 14.7. The molecule has 0 aliphatic carbocycles. The summed E-state index contributed by atoms with van der Waals surface area (Å²) in [4.78, 5) is 11.6. The van der Waals surface area contributed by atoms with Crippen LogP contribution < -0.4 is 0 Å². The Bertz CT molecular complexity index is 300. The van der Waals surface area contributed by atoms with Crippen LogP contribution in [0.3, 0.4) is 0 Å². The summed E-state index contributed by atoms with van der Waals surface area (Å²) in [5.41, 5.74) is 0.248. The molecule has 1 fully saturated rings. The van der Waals surface area contributed by atoms with Gasteiger partial charge in [-0.25, -0.2) is 0 Å². The first-order valence-electron chi connectivity index (χ1n) is 6.70. The molecule has 0 spiro atoms. The van der Waals surface area contributed by atoms with Crippen LogP contribution in [0, 0.1) is 0 Å². The minimum atomic E-state index is -1.48. The molecule has 0 radical (unpaired) electrons. The van der Waals surface area contributed by atoms with Gasteiger partial charge in [0.2, 0.25) is 0 Å². The molecule has 0 aromatic carbocycles. The van der Waals surface area contributed by atoms with Crippen LogP contribution in [0.4, 0.5) is 0 Å². The zero-order valence-corrected chi connectivity index (χ0v) is 13.5. The zero-order valence-electron chi connectivity index (χ0n) is 12.5. The van der Waals surface area contributed by atoms with E-state index in [9.17, 15) is 4.79 Å². The van der Waals surface area contributed by atoms with Crippen LogP contribution in [-0.2, 0) is 9.53 Å². The monoisotopic (exact) mass is 256 g/mol. The highest BCUT2D eigenvalue weighted by atomic mass is 28.3. The molecular formula is C14H28O2Si. The number of esters is 1. The van der Waals surface area contributed by atoms with E-state index in [0.717, 1.165) is 12.8 Å². The third kappa shape index (κ3) is 2.93. The molecule has 0 aromatic heterocycles. The molecule has 0 amide bonds. The van der Waals surface area contributed by atoms with Gasteiger partial charge in [0.1, 0.15) is 5.60 Å². The van der Waals surface area contributed by atoms with Gasteiger partial charge in [-0.2, -0.15) is 0 Å². The summed E-state index contributed by atoms with van der Waals surface area (Å²) in [7, 11) is -1.48. The number of cyclic esters (lactones) is 1. The van der Waals surface area contributed by atoms with Crippen LogP contribution in [0.25, 0.3) is 0 Å². The summed E-state index contributed by atoms with van der Waals surface area (Å²) in [6, 6.07) is 0. The SMILES string of the molecule is CC1(C)OC(=O)CCC[C@@H]1[Si](C)(C)C(C)(C)C. The standard InChI is InChI=1S/C14H28O2Si/c1-13(2,3)17(6,7)11-9-8-10-12(15)16-14(11,4)5/h11H,8-10H2,1-7H3/t11-/m0/s1. The molecule has 0 bridgehead atoms. The first-order valence-corrected chi connectivity index (χ1v) is 9.78. The van der Waals surface area contributed by atoms with E-state index in [1.165, 1.54) is 0 Å². The van der Waals surface area contributed by atoms with Gasteiger partial charge in [-0.3, -0.25) is 4.79 Å². The highest BCUT2D eigenvalue weighted by molar-refractivity contribution is 6.81. The Balaban J connectivity index is 3.06. The number of ether oxygens (including phenoxy) is 1. The van der Waals surface area contributed by atoms with Gasteiger partial charge in [0.25, 0.3) is 0 Å². The molecule has 0 saturated carbocycles. The minimum Gasteiger partial charge on any atom is -0.460 e. The van der Waals surface area contributed by atoms with Gasteiger partial charge in [0.15, 0.2) is 0 Å². The lowest BCUT2D eigenvalue weighted by Crippen LogP contribution is -2.51. The first-order chi connectivity index (χ1) is 7.48. The van der Waals surface area contributed by atoms with Crippen molar-refractivity contribution in [2.75, 3.05) is 0 Å². The quantitative estimate of drug-likeness (QED) is 0.514. The van der Waals surface area contributed by atoms with Crippen LogP contribution in [0.5, 0.6) is 0 Å². The smallest absolute Gasteiger partial charge is 0.306 e. The maximum Gasteiger partial charge on any atom is 0.306 e. The van der Waals surface area contributed by atoms with E-state index in [-0.39, 0.29) is 11.6 Å². The van der Waals surface area contributed by atoms with E-state index in [0.29, 0.717) is 17.0 Å². The number of rotatable bonds is 1. The average molecular weight is 256 g/mol. The second-order valence-corrected chi connectivity index (χ2v) is 13.1. The van der Waals surface area contributed by atoms with Gasteiger partial charge in [-0.1, -0.05) is 33.9 Å². The molecule has 1 rings (SSSR count). The summed E-state index contributed by atoms with van der Waals surface area (Å²) in [5.74, 6) is -0.0174. The summed E-state index contributed by atoms with van der Waals surface area (Å²) in [6.07, 6.45) is 2.71. The Kier molecular flexibility index (Phi) is 3.83. The summed E-state index contributed by atoms with van der Waals surface area (Å²) < 4.78 is 5.69. The van der Waals surface area contributed by atoms with Gasteiger partial charge in [-0.15, -0.1) is 0 Å². The number of carbonyl (C=O) groups excluding carboxylic acids is 1. The van der Waals surface area contributed by atoms with Crippen molar-refractivity contribution in [2.45, 2.75) is 83.2 Å². The van der Waals surface area contributed by atoms with Gasteiger partial charge < -0.3 is 4.74 Å². The largest absolute Gasteiger partial charge is 0.460 e. The van der Waals surface area contributed by atoms with E-state index in [1.807, 2.05) is 0 Å². The van der Waals surface area contributed by atoms with Crippen LogP contribution in [-0.4, -0.2) is 19.6 Å². The van der Waals surface area contributed by atoms with Crippen LogP contribution in [0.2, 0.25) is 23.7 Å². The van der Waals surface area contributed by atoms with Crippen molar-refractivity contribution in [3.05, 3.63) is 0 Å². The van der Waals surface area contributed by atoms with Crippen molar-refractivity contribution in [1.82, 2.24) is 0 Å². The molecule has 17 heavy (non-hydrogen) atoms. The molecule has 0 N–H and O–H groups in total. The molecule has 3 heteroatoms. The number of carbonyl (C=O) groups is 1. The van der Waals surface area contributed by atoms with Gasteiger partial charge in [0, 0.05) is 6.42 Å². The van der Waals surface area contributed by atoms with Crippen molar-refractivity contribution in [1.29, 1.82) is 0 Å². The van der Waals surface area contributed by atoms with E-state index in [1.54, 1.807) is 0 Å². The molecule has 1 heterocycles. The third-order valence-corrected chi connectivity index (χ3v) is 11.5. The van der Waals surface area contributed by atoms with Gasteiger partial charge >= 0.3 is 5.97 Å². The van der Waals surface area contributed by atoms with Gasteiger partial charge in [0.05, 0.1) is 8.07 Å². The third-order valence-electron chi connectivity index (χ3n) is 4.89. The zero-order chi connectivity index (χ0) is 13.5. The summed E-state index contributed by atoms with van der Waals surface area (Å²) >= 11 is 0. The molecular weight excluding hydrogens is 228 g/mol. The Morgan fingerprint density at radius 1 is 1.29 bits per heavy atom. The Hall–Kier alpha value is -0.313. The van der Waals surface area contributed by atoms with E-state index >= 15 is 0 Å². The van der Waals surface area contributed by atoms with E-state index in [2.05, 4.69) is 47.7 Å². The highest BCUT2D eigenvalue weighted by Gasteiger charge is 2.50. The second-order valence-electron chi connectivity index (χ2n) is 7.49. The Labute approximate surface area is 107 Å². The lowest BCUT2D eigenvalue weighted by Gasteiger charge is -2.48. The van der Waals surface area contributed by atoms with Crippen molar-refractivity contribution in [2.24, 2.45) is 0 Å². The molecule has 1 aliphatic rings. The van der Waals surface area contributed by atoms with Crippen LogP contribution >= 0.6 is 0 Å². The van der Waals surface area contributed by atoms with Crippen LogP contribution in [0.1, 0.15) is 53.9 Å². The molecule has 1 atom stereocenters. The summed E-state index contributed by atoms with van der Waals surface area (Å²) in [5, 5.41) is 0.339. The topological polar surface area (TPSA) is 26.3 Å². The fraction of sp³-hybridized carbons (Fsp3) is 0.929. The highest BCUT2D eigenvalue weighted by Crippen LogP contribution is 2.51. The van der Waals surface area contributed by atoms with Crippen molar-refractivity contribution >= 4 is 14.0 Å². The maximum absolute atomic E-state index is 11.6. The van der Waals surface area contributed by atoms with Crippen molar-refractivity contribution in [3.8, 4) is 0 Å². The fourth-order valence-electron chi connectivity index (χ4n) is 2.97. The molecule has 100 valence electrons. The summed E-state index contributed by atoms with van der Waals surface area (Å²) in [6.45, 7) is 16.1. The second kappa shape index (κ2) is 4.41. The van der Waals surface area contributed by atoms with Crippen molar-refractivity contribution in [3.63, 3.8) is 0 Å². The van der Waals surface area contributed by atoms with E-state index < -0.39 is 8.07 Å². The predicted octanol–water partition coefficient (Wildman–Crippen LogP) is 4.37. The average Bonchev–Trinajstić information content (AvgIpc) is 2.20. The number of hydrogen-bond donors (Lipinski definition) is 0. The maximum atomic E-state index is 11.6. The lowest BCUT2D eigenvalue weighted by atomic mass is 10.0.